The van der Waals surface area contributed by atoms with Crippen molar-refractivity contribution < 1.29 is 0 Å². The summed E-state index contributed by atoms with van der Waals surface area (Å²) >= 11 is 0. The Morgan fingerprint density at radius 1 is 1.32 bits per heavy atom. The first kappa shape index (κ1) is 12.3. The van der Waals surface area contributed by atoms with Crippen LogP contribution in [0.2, 0.25) is 0 Å². The van der Waals surface area contributed by atoms with Gasteiger partial charge in [-0.15, -0.1) is 0 Å². The molecule has 0 bridgehead atoms. The van der Waals surface area contributed by atoms with Gasteiger partial charge in [0, 0.05) is 37.9 Å². The van der Waals surface area contributed by atoms with Crippen LogP contribution in [0.4, 0.5) is 0 Å². The Morgan fingerprint density at radius 3 is 2.79 bits per heavy atom. The molecule has 2 aromatic heterocycles. The average molecular weight is 260 g/mol. The number of aromatic nitrogens is 5. The second kappa shape index (κ2) is 5.13. The van der Waals surface area contributed by atoms with Crippen LogP contribution in [0.3, 0.4) is 0 Å². The third-order valence-corrected chi connectivity index (χ3v) is 3.55. The summed E-state index contributed by atoms with van der Waals surface area (Å²) in [5.41, 5.74) is 1.26. The molecule has 0 radical (unpaired) electrons. The number of rotatable bonds is 6. The predicted molar refractivity (Wildman–Crippen MR) is 71.2 cm³/mol. The van der Waals surface area contributed by atoms with Gasteiger partial charge in [-0.1, -0.05) is 0 Å². The van der Waals surface area contributed by atoms with Gasteiger partial charge in [0.15, 0.2) is 0 Å². The van der Waals surface area contributed by atoms with E-state index in [1.807, 2.05) is 22.6 Å². The fraction of sp³-hybridized carbons (Fsp3) is 0.615. The molecule has 0 N–H and O–H groups in total. The van der Waals surface area contributed by atoms with Crippen LogP contribution in [-0.2, 0) is 26.7 Å². The molecule has 19 heavy (non-hydrogen) atoms. The zero-order chi connectivity index (χ0) is 13.2. The molecule has 1 aliphatic rings. The Morgan fingerprint density at radius 2 is 2.16 bits per heavy atom. The molecule has 1 saturated carbocycles. The smallest absolute Gasteiger partial charge is 0.141 e. The van der Waals surface area contributed by atoms with E-state index < -0.39 is 0 Å². The summed E-state index contributed by atoms with van der Waals surface area (Å²) < 4.78 is 3.83. The topological polar surface area (TPSA) is 51.8 Å². The van der Waals surface area contributed by atoms with E-state index in [1.165, 1.54) is 18.4 Å². The van der Waals surface area contributed by atoms with E-state index in [0.717, 1.165) is 25.5 Å². The normalized spacial score (nSPS) is 15.3. The molecule has 2 heterocycles. The fourth-order valence-corrected chi connectivity index (χ4v) is 2.40. The largest absolute Gasteiger partial charge is 0.289 e. The molecule has 0 atom stereocenters. The average Bonchev–Trinajstić information content (AvgIpc) is 3.03. The van der Waals surface area contributed by atoms with Crippen molar-refractivity contribution in [3.8, 4) is 0 Å². The number of nitrogens with zero attached hydrogens (tertiary/aromatic N) is 6. The molecule has 0 aliphatic heterocycles. The zero-order valence-corrected chi connectivity index (χ0v) is 11.5. The summed E-state index contributed by atoms with van der Waals surface area (Å²) in [6.07, 6.45) is 8.26. The van der Waals surface area contributed by atoms with Crippen LogP contribution in [0.1, 0.15) is 31.2 Å². The van der Waals surface area contributed by atoms with Crippen molar-refractivity contribution in [2.45, 2.75) is 45.4 Å². The summed E-state index contributed by atoms with van der Waals surface area (Å²) in [7, 11) is 1.96. The monoisotopic (exact) mass is 260 g/mol. The third-order valence-electron chi connectivity index (χ3n) is 3.55. The van der Waals surface area contributed by atoms with Crippen LogP contribution < -0.4 is 0 Å². The zero-order valence-electron chi connectivity index (χ0n) is 11.5. The lowest BCUT2D eigenvalue weighted by atomic mass is 10.3. The summed E-state index contributed by atoms with van der Waals surface area (Å²) in [5.74, 6) is 1.05. The van der Waals surface area contributed by atoms with Gasteiger partial charge in [0.25, 0.3) is 0 Å². The van der Waals surface area contributed by atoms with E-state index in [0.29, 0.717) is 6.04 Å². The molecule has 0 unspecified atom stereocenters. The van der Waals surface area contributed by atoms with Crippen molar-refractivity contribution in [1.29, 1.82) is 0 Å². The van der Waals surface area contributed by atoms with Crippen molar-refractivity contribution in [3.63, 3.8) is 0 Å². The molecule has 0 amide bonds. The lowest BCUT2D eigenvalue weighted by molar-refractivity contribution is 0.234. The van der Waals surface area contributed by atoms with E-state index in [4.69, 9.17) is 0 Å². The summed E-state index contributed by atoms with van der Waals surface area (Å²) in [4.78, 5) is 6.85. The highest BCUT2D eigenvalue weighted by Crippen LogP contribution is 2.29. The Kier molecular flexibility index (Phi) is 3.33. The number of aryl methyl sites for hydroxylation is 2. The lowest BCUT2D eigenvalue weighted by Crippen LogP contribution is -2.26. The molecule has 1 aliphatic carbocycles. The molecule has 6 heteroatoms. The van der Waals surface area contributed by atoms with Gasteiger partial charge in [-0.05, 0) is 19.8 Å². The van der Waals surface area contributed by atoms with Gasteiger partial charge in [-0.25, -0.2) is 9.67 Å². The van der Waals surface area contributed by atoms with E-state index in [9.17, 15) is 0 Å². The van der Waals surface area contributed by atoms with E-state index in [2.05, 4.69) is 33.2 Å². The standard InChI is InChI=1S/C13H20N6/c1-3-19-13(14-10-16-19)9-18(12-4-5-12)8-11-6-15-17(2)7-11/h6-7,10,12H,3-5,8-9H2,1-2H3. The highest BCUT2D eigenvalue weighted by molar-refractivity contribution is 5.05. The van der Waals surface area contributed by atoms with Gasteiger partial charge in [-0.3, -0.25) is 9.58 Å². The number of hydrogen-bond donors (Lipinski definition) is 0. The molecule has 0 saturated heterocycles. The minimum atomic E-state index is 0.696. The SMILES string of the molecule is CCn1ncnc1CN(Cc1cnn(C)c1)C1CC1. The molecule has 0 aromatic carbocycles. The first-order valence-corrected chi connectivity index (χ1v) is 6.84. The van der Waals surface area contributed by atoms with Crippen molar-refractivity contribution >= 4 is 0 Å². The second-order valence-electron chi connectivity index (χ2n) is 5.15. The molecule has 6 nitrogen and oxygen atoms in total. The van der Waals surface area contributed by atoms with Crippen LogP contribution in [-0.4, -0.2) is 35.5 Å². The maximum absolute atomic E-state index is 4.37. The van der Waals surface area contributed by atoms with Gasteiger partial charge in [0.2, 0.25) is 0 Å². The van der Waals surface area contributed by atoms with Crippen molar-refractivity contribution in [2.24, 2.45) is 7.05 Å². The fourth-order valence-electron chi connectivity index (χ4n) is 2.40. The van der Waals surface area contributed by atoms with E-state index >= 15 is 0 Å². The molecule has 1 fully saturated rings. The van der Waals surface area contributed by atoms with Gasteiger partial charge in [0.1, 0.15) is 12.2 Å². The highest BCUT2D eigenvalue weighted by atomic mass is 15.4. The highest BCUT2D eigenvalue weighted by Gasteiger charge is 2.30. The van der Waals surface area contributed by atoms with Gasteiger partial charge in [0.05, 0.1) is 12.7 Å². The maximum Gasteiger partial charge on any atom is 0.141 e. The van der Waals surface area contributed by atoms with Gasteiger partial charge >= 0.3 is 0 Å². The summed E-state index contributed by atoms with van der Waals surface area (Å²) in [5, 5.41) is 8.48. The van der Waals surface area contributed by atoms with Crippen LogP contribution in [0.15, 0.2) is 18.7 Å². The molecular formula is C13H20N6. The van der Waals surface area contributed by atoms with Gasteiger partial charge < -0.3 is 0 Å². The Hall–Kier alpha value is -1.69. The molecular weight excluding hydrogens is 240 g/mol. The van der Waals surface area contributed by atoms with E-state index in [-0.39, 0.29) is 0 Å². The maximum atomic E-state index is 4.37. The minimum absolute atomic E-state index is 0.696. The lowest BCUT2D eigenvalue weighted by Gasteiger charge is -2.20. The first-order chi connectivity index (χ1) is 9.26. The van der Waals surface area contributed by atoms with Gasteiger partial charge in [-0.2, -0.15) is 10.2 Å². The number of hydrogen-bond acceptors (Lipinski definition) is 4. The van der Waals surface area contributed by atoms with Crippen LogP contribution >= 0.6 is 0 Å². The predicted octanol–water partition coefficient (Wildman–Crippen LogP) is 1.20. The first-order valence-electron chi connectivity index (χ1n) is 6.84. The molecule has 3 rings (SSSR count). The molecule has 0 spiro atoms. The van der Waals surface area contributed by atoms with Crippen LogP contribution in [0.5, 0.6) is 0 Å². The third kappa shape index (κ3) is 2.84. The summed E-state index contributed by atoms with van der Waals surface area (Å²) in [6, 6.07) is 0.696. The Bertz CT molecular complexity index is 539. The second-order valence-corrected chi connectivity index (χ2v) is 5.15. The Balaban J connectivity index is 1.71. The molecule has 102 valence electrons. The van der Waals surface area contributed by atoms with Crippen LogP contribution in [0, 0.1) is 0 Å². The van der Waals surface area contributed by atoms with E-state index in [1.54, 1.807) is 6.33 Å². The Labute approximate surface area is 113 Å². The quantitative estimate of drug-likeness (QED) is 0.783. The molecule has 2 aromatic rings. The minimum Gasteiger partial charge on any atom is -0.289 e. The summed E-state index contributed by atoms with van der Waals surface area (Å²) in [6.45, 7) is 4.78. The van der Waals surface area contributed by atoms with Crippen molar-refractivity contribution in [2.75, 3.05) is 0 Å². The van der Waals surface area contributed by atoms with Crippen molar-refractivity contribution in [3.05, 3.63) is 30.1 Å². The van der Waals surface area contributed by atoms with Crippen molar-refractivity contribution in [1.82, 2.24) is 29.4 Å². The van der Waals surface area contributed by atoms with Crippen LogP contribution in [0.25, 0.3) is 0 Å².